The molecule has 0 heterocycles. The van der Waals surface area contributed by atoms with E-state index >= 15 is 0 Å². The summed E-state index contributed by atoms with van der Waals surface area (Å²) in [4.78, 5) is 20.4. The van der Waals surface area contributed by atoms with Crippen LogP contribution in [0.4, 0.5) is 0 Å². The highest BCUT2D eigenvalue weighted by atomic mass is 16.1. The smallest absolute Gasteiger partial charge is 0.165 e. The van der Waals surface area contributed by atoms with Crippen LogP contribution in [-0.2, 0) is 0 Å². The maximum Gasteiger partial charge on any atom is 0.165 e. The van der Waals surface area contributed by atoms with Gasteiger partial charge in [-0.2, -0.15) is 0 Å². The van der Waals surface area contributed by atoms with Gasteiger partial charge in [0, 0.05) is 18.0 Å². The van der Waals surface area contributed by atoms with E-state index in [2.05, 4.69) is 34.3 Å². The molecule has 0 bridgehead atoms. The zero-order valence-corrected chi connectivity index (χ0v) is 21.5. The molecule has 0 N–H and O–H groups in total. The third-order valence-electron chi connectivity index (χ3n) is 6.35. The largest absolute Gasteiger partial charge is 0.298 e. The van der Waals surface area contributed by atoms with Crippen LogP contribution in [0.3, 0.4) is 0 Å². The molecule has 6 rings (SSSR count). The molecule has 0 aliphatic rings. The summed E-state index contributed by atoms with van der Waals surface area (Å²) in [6, 6.07) is 48.4. The number of aliphatic imine (C=N–C) groups is 2. The first kappa shape index (κ1) is 25.5. The molecule has 3 heteroatoms. The van der Waals surface area contributed by atoms with Crippen molar-refractivity contribution in [2.45, 2.75) is 6.17 Å². The first-order chi connectivity index (χ1) is 19.3. The van der Waals surface area contributed by atoms with E-state index in [1.54, 1.807) is 0 Å². The van der Waals surface area contributed by atoms with Gasteiger partial charge in [0.1, 0.15) is 0 Å². The first-order valence-corrected chi connectivity index (χ1v) is 12.9. The summed E-state index contributed by atoms with van der Waals surface area (Å²) in [5.41, 5.74) is 3.98. The predicted octanol–water partition coefficient (Wildman–Crippen LogP) is 8.73. The molecule has 0 saturated carbocycles. The molecule has 3 nitrogen and oxygen atoms in total. The van der Waals surface area contributed by atoms with Gasteiger partial charge in [0.15, 0.2) is 12.5 Å². The number of benzene rings is 6. The molecule has 0 atom stereocenters. The number of carbonyl (C=O) groups is 1. The highest BCUT2D eigenvalue weighted by Crippen LogP contribution is 2.27. The molecule has 0 aliphatic heterocycles. The lowest BCUT2D eigenvalue weighted by Crippen LogP contribution is -1.94. The Balaban J connectivity index is 0.000000168. The molecule has 0 saturated heterocycles. The molecular weight excluding hydrogens is 476 g/mol. The van der Waals surface area contributed by atoms with Crippen LogP contribution in [0.1, 0.15) is 33.2 Å². The van der Waals surface area contributed by atoms with Crippen LogP contribution in [0, 0.1) is 0 Å². The van der Waals surface area contributed by atoms with Crippen molar-refractivity contribution in [3.63, 3.8) is 0 Å². The highest BCUT2D eigenvalue weighted by Gasteiger charge is 2.06. The number of fused-ring (bicyclic) bond motifs is 3. The van der Waals surface area contributed by atoms with Crippen LogP contribution in [0.25, 0.3) is 21.5 Å². The molecule has 0 aromatic heterocycles. The van der Waals surface area contributed by atoms with Crippen LogP contribution in [0.5, 0.6) is 0 Å². The van der Waals surface area contributed by atoms with Gasteiger partial charge in [0.05, 0.1) is 0 Å². The molecule has 0 unspecified atom stereocenters. The molecule has 39 heavy (non-hydrogen) atoms. The van der Waals surface area contributed by atoms with Crippen LogP contribution < -0.4 is 0 Å². The maximum absolute atomic E-state index is 11.1. The minimum atomic E-state index is -0.239. The second-order valence-electron chi connectivity index (χ2n) is 9.01. The third kappa shape index (κ3) is 6.60. The van der Waals surface area contributed by atoms with Gasteiger partial charge in [0.25, 0.3) is 0 Å². The van der Waals surface area contributed by atoms with Crippen molar-refractivity contribution < 1.29 is 4.79 Å². The summed E-state index contributed by atoms with van der Waals surface area (Å²) in [6.07, 6.45) is 4.44. The lowest BCUT2D eigenvalue weighted by Gasteiger charge is -2.07. The lowest BCUT2D eigenvalue weighted by molar-refractivity contribution is 0.112. The fourth-order valence-corrected chi connectivity index (χ4v) is 4.41. The average molecular weight is 505 g/mol. The lowest BCUT2D eigenvalue weighted by atomic mass is 9.98. The molecule has 188 valence electrons. The van der Waals surface area contributed by atoms with Gasteiger partial charge >= 0.3 is 0 Å². The first-order valence-electron chi connectivity index (χ1n) is 12.9. The monoisotopic (exact) mass is 504 g/mol. The Bertz CT molecular complexity index is 1660. The Labute approximate surface area is 228 Å². The molecular formula is C36H28N2O. The molecule has 6 aromatic carbocycles. The average Bonchev–Trinajstić information content (AvgIpc) is 3.02. The number of hydrogen-bond acceptors (Lipinski definition) is 3. The summed E-state index contributed by atoms with van der Waals surface area (Å²) < 4.78 is 0. The number of carbonyl (C=O) groups excluding carboxylic acids is 1. The Morgan fingerprint density at radius 3 is 1.51 bits per heavy atom. The van der Waals surface area contributed by atoms with Crippen molar-refractivity contribution >= 4 is 40.3 Å². The Morgan fingerprint density at radius 1 is 0.487 bits per heavy atom. The van der Waals surface area contributed by atoms with E-state index in [9.17, 15) is 4.79 Å². The molecule has 0 amide bonds. The van der Waals surface area contributed by atoms with Crippen LogP contribution >= 0.6 is 0 Å². The fraction of sp³-hybridized carbons (Fsp3) is 0.0278. The quantitative estimate of drug-likeness (QED) is 0.127. The van der Waals surface area contributed by atoms with Crippen molar-refractivity contribution in [2.75, 3.05) is 0 Å². The maximum atomic E-state index is 11.1. The molecule has 6 aromatic rings. The summed E-state index contributed by atoms with van der Waals surface area (Å²) in [7, 11) is 0. The SMILES string of the molecule is C(=NC(N=Cc1ccccc1)c1ccccc1)c1ccccc1.O=Cc1cc2ccccc2c2ccccc12. The summed E-state index contributed by atoms with van der Waals surface area (Å²) in [5.74, 6) is 0. The van der Waals surface area contributed by atoms with Gasteiger partial charge in [-0.25, -0.2) is 0 Å². The van der Waals surface area contributed by atoms with Gasteiger partial charge in [0.2, 0.25) is 0 Å². The number of rotatable bonds is 6. The van der Waals surface area contributed by atoms with Crippen LogP contribution in [-0.4, -0.2) is 18.7 Å². The molecule has 0 spiro atoms. The highest BCUT2D eigenvalue weighted by molar-refractivity contribution is 6.13. The topological polar surface area (TPSA) is 41.8 Å². The molecule has 0 fully saturated rings. The third-order valence-corrected chi connectivity index (χ3v) is 6.35. The van der Waals surface area contributed by atoms with Crippen molar-refractivity contribution in [1.82, 2.24) is 0 Å². The second-order valence-corrected chi connectivity index (χ2v) is 9.01. The zero-order chi connectivity index (χ0) is 26.7. The number of hydrogen-bond donors (Lipinski definition) is 0. The number of nitrogens with zero attached hydrogens (tertiary/aromatic N) is 2. The Morgan fingerprint density at radius 2 is 0.949 bits per heavy atom. The summed E-state index contributed by atoms with van der Waals surface area (Å²) in [5, 5.41) is 4.48. The summed E-state index contributed by atoms with van der Waals surface area (Å²) >= 11 is 0. The predicted molar refractivity (Wildman–Crippen MR) is 164 cm³/mol. The van der Waals surface area contributed by atoms with Crippen LogP contribution in [0.15, 0.2) is 156 Å². The van der Waals surface area contributed by atoms with E-state index in [0.717, 1.165) is 44.7 Å². The van der Waals surface area contributed by atoms with Crippen molar-refractivity contribution in [3.05, 3.63) is 168 Å². The minimum absolute atomic E-state index is 0.239. The van der Waals surface area contributed by atoms with Gasteiger partial charge in [-0.15, -0.1) is 0 Å². The second kappa shape index (κ2) is 12.9. The van der Waals surface area contributed by atoms with Gasteiger partial charge in [-0.3, -0.25) is 14.8 Å². The standard InChI is InChI=1S/C21H18N2.C15H10O/c1-4-10-18(11-5-1)16-22-21(20-14-8-3-9-15-20)23-17-19-12-6-2-7-13-19;16-10-12-9-11-5-1-2-6-13(11)15-8-4-3-7-14(12)15/h1-17,21H;1-10H. The van der Waals surface area contributed by atoms with E-state index in [1.807, 2.05) is 134 Å². The van der Waals surface area contributed by atoms with E-state index in [-0.39, 0.29) is 6.17 Å². The molecule has 0 aliphatic carbocycles. The van der Waals surface area contributed by atoms with Gasteiger partial charge in [-0.1, -0.05) is 140 Å². The number of aldehydes is 1. The normalized spacial score (nSPS) is 11.9. The minimum Gasteiger partial charge on any atom is -0.298 e. The van der Waals surface area contributed by atoms with Gasteiger partial charge in [-0.05, 0) is 44.3 Å². The van der Waals surface area contributed by atoms with Crippen molar-refractivity contribution in [1.29, 1.82) is 0 Å². The molecule has 0 radical (unpaired) electrons. The van der Waals surface area contributed by atoms with Crippen molar-refractivity contribution in [3.8, 4) is 0 Å². The van der Waals surface area contributed by atoms with E-state index in [4.69, 9.17) is 0 Å². The Hall–Kier alpha value is -5.15. The van der Waals surface area contributed by atoms with E-state index < -0.39 is 0 Å². The van der Waals surface area contributed by atoms with Crippen LogP contribution in [0.2, 0.25) is 0 Å². The zero-order valence-electron chi connectivity index (χ0n) is 21.5. The van der Waals surface area contributed by atoms with E-state index in [0.29, 0.717) is 0 Å². The summed E-state index contributed by atoms with van der Waals surface area (Å²) in [6.45, 7) is 0. The van der Waals surface area contributed by atoms with Crippen molar-refractivity contribution in [2.24, 2.45) is 9.98 Å². The fourth-order valence-electron chi connectivity index (χ4n) is 4.41. The van der Waals surface area contributed by atoms with Gasteiger partial charge < -0.3 is 0 Å². The van der Waals surface area contributed by atoms with E-state index in [1.165, 1.54) is 5.39 Å². The Kier molecular flexibility index (Phi) is 8.43.